The van der Waals surface area contributed by atoms with Crippen molar-refractivity contribution in [3.63, 3.8) is 0 Å². The highest BCUT2D eigenvalue weighted by atomic mass is 35.5. The Bertz CT molecular complexity index is 480. The van der Waals surface area contributed by atoms with Gasteiger partial charge in [-0.2, -0.15) is 13.2 Å². The Morgan fingerprint density at radius 1 is 1.50 bits per heavy atom. The summed E-state index contributed by atoms with van der Waals surface area (Å²) in [4.78, 5) is 16.3. The Kier molecular flexibility index (Phi) is 5.62. The average Bonchev–Trinajstić information content (AvgIpc) is 2.37. The molecule has 0 saturated carbocycles. The lowest BCUT2D eigenvalue weighted by Gasteiger charge is -2.19. The minimum absolute atomic E-state index is 0.0830. The van der Waals surface area contributed by atoms with Crippen molar-refractivity contribution in [2.75, 3.05) is 25.6 Å². The summed E-state index contributed by atoms with van der Waals surface area (Å²) in [5.74, 6) is -0.102. The Morgan fingerprint density at radius 2 is 2.15 bits per heavy atom. The van der Waals surface area contributed by atoms with Crippen LogP contribution in [-0.2, 0) is 15.7 Å². The van der Waals surface area contributed by atoms with Gasteiger partial charge in [0.25, 0.3) is 0 Å². The van der Waals surface area contributed by atoms with Crippen LogP contribution in [0.25, 0.3) is 0 Å². The Balaban J connectivity index is 2.69. The lowest BCUT2D eigenvalue weighted by Crippen LogP contribution is -2.21. The van der Waals surface area contributed by atoms with Crippen molar-refractivity contribution in [3.05, 3.63) is 22.8 Å². The molecule has 0 bridgehead atoms. The zero-order valence-corrected chi connectivity index (χ0v) is 11.8. The fourth-order valence-electron chi connectivity index (χ4n) is 1.54. The third-order valence-electron chi connectivity index (χ3n) is 2.61. The second kappa shape index (κ2) is 6.78. The van der Waals surface area contributed by atoms with E-state index < -0.39 is 11.7 Å². The second-order valence-electron chi connectivity index (χ2n) is 4.13. The van der Waals surface area contributed by atoms with Crippen molar-refractivity contribution in [3.8, 4) is 0 Å². The van der Waals surface area contributed by atoms with Gasteiger partial charge in [0.2, 0.25) is 0 Å². The number of esters is 1. The highest BCUT2D eigenvalue weighted by Crippen LogP contribution is 2.33. The SMILES string of the molecule is COC(=O)CCCN(C)c1ncc(C(F)(F)F)cc1Cl. The Morgan fingerprint density at radius 3 is 2.65 bits per heavy atom. The van der Waals surface area contributed by atoms with Gasteiger partial charge in [0.1, 0.15) is 5.82 Å². The molecule has 4 nitrogen and oxygen atoms in total. The van der Waals surface area contributed by atoms with E-state index in [1.807, 2.05) is 0 Å². The highest BCUT2D eigenvalue weighted by molar-refractivity contribution is 6.33. The van der Waals surface area contributed by atoms with Gasteiger partial charge in [0.05, 0.1) is 17.7 Å². The summed E-state index contributed by atoms with van der Waals surface area (Å²) in [6, 6.07) is 0.834. The molecule has 0 fully saturated rings. The van der Waals surface area contributed by atoms with Crippen LogP contribution >= 0.6 is 11.6 Å². The predicted molar refractivity (Wildman–Crippen MR) is 68.8 cm³/mol. The summed E-state index contributed by atoms with van der Waals surface area (Å²) < 4.78 is 41.9. The van der Waals surface area contributed by atoms with Crippen LogP contribution in [-0.4, -0.2) is 31.7 Å². The first kappa shape index (κ1) is 16.6. The summed E-state index contributed by atoms with van der Waals surface area (Å²) in [7, 11) is 2.93. The molecule has 0 saturated heterocycles. The molecule has 0 spiro atoms. The van der Waals surface area contributed by atoms with Crippen molar-refractivity contribution in [1.82, 2.24) is 4.98 Å². The number of hydrogen-bond acceptors (Lipinski definition) is 4. The van der Waals surface area contributed by atoms with Crippen LogP contribution in [0.1, 0.15) is 18.4 Å². The summed E-state index contributed by atoms with van der Waals surface area (Å²) in [6.07, 6.45) is -3.03. The van der Waals surface area contributed by atoms with Gasteiger partial charge in [-0.15, -0.1) is 0 Å². The monoisotopic (exact) mass is 310 g/mol. The van der Waals surface area contributed by atoms with Crippen LogP contribution in [0.4, 0.5) is 19.0 Å². The van der Waals surface area contributed by atoms with Crippen LogP contribution in [0.3, 0.4) is 0 Å². The standard InChI is InChI=1S/C12H14ClF3N2O2/c1-18(5-3-4-10(19)20-2)11-9(13)6-8(7-17-11)12(14,15)16/h6-7H,3-5H2,1-2H3. The molecule has 0 aromatic carbocycles. The maximum absolute atomic E-state index is 12.5. The Hall–Kier alpha value is -1.50. The molecule has 0 aliphatic heterocycles. The van der Waals surface area contributed by atoms with E-state index in [9.17, 15) is 18.0 Å². The van der Waals surface area contributed by atoms with Crippen molar-refractivity contribution in [2.24, 2.45) is 0 Å². The minimum Gasteiger partial charge on any atom is -0.469 e. The van der Waals surface area contributed by atoms with E-state index in [0.717, 1.165) is 12.3 Å². The molecule has 0 unspecified atom stereocenters. The fraction of sp³-hybridized carbons (Fsp3) is 0.500. The molecular formula is C12H14ClF3N2O2. The van der Waals surface area contributed by atoms with E-state index >= 15 is 0 Å². The molecule has 8 heteroatoms. The van der Waals surface area contributed by atoms with E-state index in [1.165, 1.54) is 7.11 Å². The fourth-order valence-corrected chi connectivity index (χ4v) is 1.85. The lowest BCUT2D eigenvalue weighted by molar-refractivity contribution is -0.140. The first-order chi connectivity index (χ1) is 9.25. The zero-order chi connectivity index (χ0) is 15.3. The number of methoxy groups -OCH3 is 1. The van der Waals surface area contributed by atoms with Crippen LogP contribution in [0.15, 0.2) is 12.3 Å². The normalized spacial score (nSPS) is 11.3. The van der Waals surface area contributed by atoms with Crippen LogP contribution in [0, 0.1) is 0 Å². The molecule has 0 radical (unpaired) electrons. The highest BCUT2D eigenvalue weighted by Gasteiger charge is 2.31. The number of rotatable bonds is 5. The molecule has 20 heavy (non-hydrogen) atoms. The van der Waals surface area contributed by atoms with Crippen molar-refractivity contribution >= 4 is 23.4 Å². The van der Waals surface area contributed by atoms with E-state index in [-0.39, 0.29) is 23.2 Å². The summed E-state index contributed by atoms with van der Waals surface area (Å²) >= 11 is 5.80. The summed E-state index contributed by atoms with van der Waals surface area (Å²) in [6.45, 7) is 0.424. The molecule has 0 aliphatic carbocycles. The van der Waals surface area contributed by atoms with Gasteiger partial charge in [-0.3, -0.25) is 4.79 Å². The third-order valence-corrected chi connectivity index (χ3v) is 2.89. The van der Waals surface area contributed by atoms with Gasteiger partial charge >= 0.3 is 12.1 Å². The first-order valence-corrected chi connectivity index (χ1v) is 6.14. The van der Waals surface area contributed by atoms with Crippen molar-refractivity contribution in [1.29, 1.82) is 0 Å². The number of anilines is 1. The average molecular weight is 311 g/mol. The van der Waals surface area contributed by atoms with Crippen LogP contribution < -0.4 is 4.90 Å². The number of pyridine rings is 1. The van der Waals surface area contributed by atoms with Crippen molar-refractivity contribution in [2.45, 2.75) is 19.0 Å². The number of hydrogen-bond donors (Lipinski definition) is 0. The smallest absolute Gasteiger partial charge is 0.417 e. The quantitative estimate of drug-likeness (QED) is 0.784. The minimum atomic E-state index is -4.47. The number of carbonyl (C=O) groups is 1. The van der Waals surface area contributed by atoms with Gasteiger partial charge in [0.15, 0.2) is 0 Å². The van der Waals surface area contributed by atoms with Gasteiger partial charge in [0, 0.05) is 26.2 Å². The van der Waals surface area contributed by atoms with Gasteiger partial charge in [-0.25, -0.2) is 4.98 Å². The molecule has 1 aromatic rings. The zero-order valence-electron chi connectivity index (χ0n) is 11.0. The van der Waals surface area contributed by atoms with E-state index in [4.69, 9.17) is 11.6 Å². The lowest BCUT2D eigenvalue weighted by atomic mass is 10.2. The number of nitrogens with zero attached hydrogens (tertiary/aromatic N) is 2. The molecule has 0 aliphatic rings. The van der Waals surface area contributed by atoms with E-state index in [1.54, 1.807) is 11.9 Å². The number of alkyl halides is 3. The van der Waals surface area contributed by atoms with Gasteiger partial charge in [-0.05, 0) is 12.5 Å². The van der Waals surface area contributed by atoms with Gasteiger partial charge < -0.3 is 9.64 Å². The maximum atomic E-state index is 12.5. The largest absolute Gasteiger partial charge is 0.469 e. The van der Waals surface area contributed by atoms with Gasteiger partial charge in [-0.1, -0.05) is 11.6 Å². The molecule has 112 valence electrons. The van der Waals surface area contributed by atoms with E-state index in [2.05, 4.69) is 9.72 Å². The summed E-state index contributed by atoms with van der Waals surface area (Å²) in [5.41, 5.74) is -0.894. The van der Waals surface area contributed by atoms with E-state index in [0.29, 0.717) is 13.0 Å². The summed E-state index contributed by atoms with van der Waals surface area (Å²) in [5, 5.41) is -0.0830. The molecule has 1 rings (SSSR count). The maximum Gasteiger partial charge on any atom is 0.417 e. The number of ether oxygens (including phenoxy) is 1. The number of carbonyl (C=O) groups excluding carboxylic acids is 1. The Labute approximate surface area is 119 Å². The molecule has 1 aromatic heterocycles. The van der Waals surface area contributed by atoms with Crippen LogP contribution in [0.2, 0.25) is 5.02 Å². The predicted octanol–water partition coefficient (Wildman–Crippen LogP) is 3.14. The van der Waals surface area contributed by atoms with Crippen molar-refractivity contribution < 1.29 is 22.7 Å². The van der Waals surface area contributed by atoms with Crippen LogP contribution in [0.5, 0.6) is 0 Å². The number of aromatic nitrogens is 1. The molecule has 0 atom stereocenters. The first-order valence-electron chi connectivity index (χ1n) is 5.76. The topological polar surface area (TPSA) is 42.4 Å². The third kappa shape index (κ3) is 4.56. The molecule has 0 N–H and O–H groups in total. The molecular weight excluding hydrogens is 297 g/mol. The number of halogens is 4. The molecule has 1 heterocycles. The molecule has 0 amide bonds. The second-order valence-corrected chi connectivity index (χ2v) is 4.54.